The number of aryl methyl sites for hydroxylation is 2. The first kappa shape index (κ1) is 7.22. The molecule has 0 aromatic carbocycles. The molecule has 0 aliphatic heterocycles. The van der Waals surface area contributed by atoms with E-state index in [0.29, 0.717) is 0 Å². The topological polar surface area (TPSA) is 25.8 Å². The zero-order valence-electron chi connectivity index (χ0n) is 7.20. The Labute approximate surface area is 71.3 Å². The van der Waals surface area contributed by atoms with Crippen LogP contribution in [0.5, 0.6) is 0 Å². The number of fused-ring (bicyclic) bond motifs is 1. The minimum atomic E-state index is 1.01. The van der Waals surface area contributed by atoms with E-state index in [1.165, 1.54) is 0 Å². The van der Waals surface area contributed by atoms with Crippen molar-refractivity contribution in [2.24, 2.45) is 0 Å². The van der Waals surface area contributed by atoms with Crippen LogP contribution in [0, 0.1) is 13.8 Å². The lowest BCUT2D eigenvalue weighted by Gasteiger charge is -1.98. The Kier molecular flexibility index (Phi) is 1.54. The van der Waals surface area contributed by atoms with Crippen molar-refractivity contribution in [1.29, 1.82) is 0 Å². The highest BCUT2D eigenvalue weighted by Crippen LogP contribution is 2.11. The van der Waals surface area contributed by atoms with E-state index >= 15 is 0 Å². The summed E-state index contributed by atoms with van der Waals surface area (Å²) in [4.78, 5) is 8.59. The van der Waals surface area contributed by atoms with Gasteiger partial charge in [-0.15, -0.1) is 0 Å². The van der Waals surface area contributed by atoms with Crippen molar-refractivity contribution in [1.82, 2.24) is 9.97 Å². The quantitative estimate of drug-likeness (QED) is 0.587. The molecule has 0 atom stereocenters. The maximum atomic E-state index is 4.40. The summed E-state index contributed by atoms with van der Waals surface area (Å²) >= 11 is 0. The van der Waals surface area contributed by atoms with Crippen molar-refractivity contribution >= 4 is 10.9 Å². The fraction of sp³-hybridized carbons (Fsp3) is 0.200. The number of pyridine rings is 2. The molecule has 2 heterocycles. The summed E-state index contributed by atoms with van der Waals surface area (Å²) in [6.07, 6.45) is 1.86. The summed E-state index contributed by atoms with van der Waals surface area (Å²) in [5, 5.41) is 1.10. The predicted octanol–water partition coefficient (Wildman–Crippen LogP) is 2.25. The molecule has 0 saturated heterocycles. The molecule has 60 valence electrons. The molecule has 2 rings (SSSR count). The van der Waals surface area contributed by atoms with E-state index in [4.69, 9.17) is 0 Å². The first-order chi connectivity index (χ1) is 5.75. The van der Waals surface area contributed by atoms with Crippen LogP contribution in [0.15, 0.2) is 24.4 Å². The molecule has 0 aliphatic rings. The van der Waals surface area contributed by atoms with Gasteiger partial charge in [0.15, 0.2) is 0 Å². The monoisotopic (exact) mass is 158 g/mol. The van der Waals surface area contributed by atoms with Gasteiger partial charge in [-0.05, 0) is 32.0 Å². The summed E-state index contributed by atoms with van der Waals surface area (Å²) in [7, 11) is 0. The molecule has 2 nitrogen and oxygen atoms in total. The Balaban J connectivity index is 2.80. The van der Waals surface area contributed by atoms with Crippen molar-refractivity contribution in [3.05, 3.63) is 35.8 Å². The highest BCUT2D eigenvalue weighted by molar-refractivity contribution is 5.77. The standard InChI is InChI=1S/C10H10N2/c1-7-3-4-9-6-11-8(2)5-10(9)12-7/h3-6H,1-2H3. The van der Waals surface area contributed by atoms with Crippen LogP contribution in [-0.2, 0) is 0 Å². The van der Waals surface area contributed by atoms with Crippen LogP contribution in [0.1, 0.15) is 11.4 Å². The molecule has 0 bridgehead atoms. The maximum Gasteiger partial charge on any atom is 0.0738 e. The lowest BCUT2D eigenvalue weighted by Crippen LogP contribution is -1.86. The molecule has 0 amide bonds. The highest BCUT2D eigenvalue weighted by atomic mass is 14.7. The molecular formula is C10H10N2. The third-order valence-corrected chi connectivity index (χ3v) is 1.85. The van der Waals surface area contributed by atoms with Gasteiger partial charge in [-0.1, -0.05) is 0 Å². The zero-order chi connectivity index (χ0) is 8.55. The average molecular weight is 158 g/mol. The largest absolute Gasteiger partial charge is 0.261 e. The number of rotatable bonds is 0. The summed E-state index contributed by atoms with van der Waals surface area (Å²) < 4.78 is 0. The van der Waals surface area contributed by atoms with Gasteiger partial charge in [0.2, 0.25) is 0 Å². The van der Waals surface area contributed by atoms with E-state index in [1.807, 2.05) is 38.2 Å². The fourth-order valence-corrected chi connectivity index (χ4v) is 1.22. The van der Waals surface area contributed by atoms with Gasteiger partial charge >= 0.3 is 0 Å². The van der Waals surface area contributed by atoms with Gasteiger partial charge in [-0.25, -0.2) is 0 Å². The molecule has 0 radical (unpaired) electrons. The van der Waals surface area contributed by atoms with Gasteiger partial charge in [0.25, 0.3) is 0 Å². The summed E-state index contributed by atoms with van der Waals surface area (Å²) in [6, 6.07) is 6.05. The molecule has 0 spiro atoms. The molecule has 12 heavy (non-hydrogen) atoms. The highest BCUT2D eigenvalue weighted by Gasteiger charge is 1.95. The van der Waals surface area contributed by atoms with Gasteiger partial charge in [-0.2, -0.15) is 0 Å². The average Bonchev–Trinajstić information content (AvgIpc) is 2.03. The van der Waals surface area contributed by atoms with E-state index in [9.17, 15) is 0 Å². The Bertz CT molecular complexity index is 384. The zero-order valence-corrected chi connectivity index (χ0v) is 7.20. The number of hydrogen-bond acceptors (Lipinski definition) is 2. The van der Waals surface area contributed by atoms with Crippen LogP contribution < -0.4 is 0 Å². The Morgan fingerprint density at radius 1 is 1.08 bits per heavy atom. The van der Waals surface area contributed by atoms with Crippen LogP contribution in [0.25, 0.3) is 10.9 Å². The second-order valence-electron chi connectivity index (χ2n) is 2.97. The third-order valence-electron chi connectivity index (χ3n) is 1.85. The lowest BCUT2D eigenvalue weighted by molar-refractivity contribution is 1.19. The smallest absolute Gasteiger partial charge is 0.0738 e. The normalized spacial score (nSPS) is 10.5. The summed E-state index contributed by atoms with van der Waals surface area (Å²) in [5.41, 5.74) is 3.09. The van der Waals surface area contributed by atoms with Crippen LogP contribution in [-0.4, -0.2) is 9.97 Å². The molecule has 0 saturated carbocycles. The van der Waals surface area contributed by atoms with Gasteiger partial charge in [0.1, 0.15) is 0 Å². The van der Waals surface area contributed by atoms with Crippen molar-refractivity contribution in [2.45, 2.75) is 13.8 Å². The molecule has 0 aliphatic carbocycles. The van der Waals surface area contributed by atoms with Crippen LogP contribution in [0.4, 0.5) is 0 Å². The molecule has 0 N–H and O–H groups in total. The minimum Gasteiger partial charge on any atom is -0.261 e. The van der Waals surface area contributed by atoms with Crippen molar-refractivity contribution < 1.29 is 0 Å². The van der Waals surface area contributed by atoms with E-state index in [-0.39, 0.29) is 0 Å². The number of hydrogen-bond donors (Lipinski definition) is 0. The van der Waals surface area contributed by atoms with Gasteiger partial charge < -0.3 is 0 Å². The predicted molar refractivity (Wildman–Crippen MR) is 49.0 cm³/mol. The lowest BCUT2D eigenvalue weighted by atomic mass is 10.2. The Morgan fingerprint density at radius 3 is 2.75 bits per heavy atom. The molecular weight excluding hydrogens is 148 g/mol. The first-order valence-electron chi connectivity index (χ1n) is 3.96. The van der Waals surface area contributed by atoms with Crippen molar-refractivity contribution in [3.63, 3.8) is 0 Å². The molecule has 2 aromatic rings. The van der Waals surface area contributed by atoms with Crippen LogP contribution in [0.2, 0.25) is 0 Å². The third kappa shape index (κ3) is 1.16. The van der Waals surface area contributed by atoms with Crippen LogP contribution in [0.3, 0.4) is 0 Å². The van der Waals surface area contributed by atoms with Crippen molar-refractivity contribution in [3.8, 4) is 0 Å². The molecule has 2 aromatic heterocycles. The van der Waals surface area contributed by atoms with E-state index in [2.05, 4.69) is 9.97 Å². The summed E-state index contributed by atoms with van der Waals surface area (Å²) in [5.74, 6) is 0. The summed E-state index contributed by atoms with van der Waals surface area (Å²) in [6.45, 7) is 3.97. The van der Waals surface area contributed by atoms with E-state index in [0.717, 1.165) is 22.3 Å². The van der Waals surface area contributed by atoms with E-state index < -0.39 is 0 Å². The van der Waals surface area contributed by atoms with Gasteiger partial charge in [0, 0.05) is 23.0 Å². The first-order valence-corrected chi connectivity index (χ1v) is 3.96. The second kappa shape index (κ2) is 2.55. The molecule has 0 unspecified atom stereocenters. The Morgan fingerprint density at radius 2 is 1.92 bits per heavy atom. The van der Waals surface area contributed by atoms with E-state index in [1.54, 1.807) is 0 Å². The minimum absolute atomic E-state index is 1.01. The Hall–Kier alpha value is -1.44. The number of aromatic nitrogens is 2. The SMILES string of the molecule is Cc1cc2nc(C)ccc2cn1. The van der Waals surface area contributed by atoms with Gasteiger partial charge in [0.05, 0.1) is 5.52 Å². The number of nitrogens with zero attached hydrogens (tertiary/aromatic N) is 2. The fourth-order valence-electron chi connectivity index (χ4n) is 1.22. The second-order valence-corrected chi connectivity index (χ2v) is 2.97. The van der Waals surface area contributed by atoms with Gasteiger partial charge in [-0.3, -0.25) is 9.97 Å². The maximum absolute atomic E-state index is 4.40. The van der Waals surface area contributed by atoms with Crippen molar-refractivity contribution in [2.75, 3.05) is 0 Å². The van der Waals surface area contributed by atoms with Crippen LogP contribution >= 0.6 is 0 Å². The molecule has 2 heteroatoms. The molecule has 0 fully saturated rings.